The number of carbonyl (C=O) groups is 1. The van der Waals surface area contributed by atoms with Crippen molar-refractivity contribution in [3.63, 3.8) is 0 Å². The molecular weight excluding hydrogens is 160 g/mol. The Labute approximate surface area is 50.3 Å². The van der Waals surface area contributed by atoms with Crippen LogP contribution in [0.5, 0.6) is 0 Å². The second kappa shape index (κ2) is 2.80. The van der Waals surface area contributed by atoms with Gasteiger partial charge in [0.1, 0.15) is 0 Å². The molecule has 0 bridgehead atoms. The lowest BCUT2D eigenvalue weighted by Crippen LogP contribution is -1.86. The fourth-order valence-electron chi connectivity index (χ4n) is 0.137. The van der Waals surface area contributed by atoms with Gasteiger partial charge in [-0.1, -0.05) is 6.58 Å². The third kappa shape index (κ3) is 5.69. The molecule has 0 aromatic carbocycles. The lowest BCUT2D eigenvalue weighted by Gasteiger charge is -1.91. The summed E-state index contributed by atoms with van der Waals surface area (Å²) >= 11 is 2.55. The highest BCUT2D eigenvalue weighted by molar-refractivity contribution is 9.18. The minimum atomic E-state index is -0.500. The predicted octanol–water partition coefficient (Wildman–Crippen LogP) is 2.05. The summed E-state index contributed by atoms with van der Waals surface area (Å²) < 4.78 is 4.33. The van der Waals surface area contributed by atoms with Gasteiger partial charge in [0.2, 0.25) is 0 Å². The second-order valence-electron chi connectivity index (χ2n) is 1.04. The molecule has 3 heteroatoms. The molecule has 0 N–H and O–H groups in total. The Balaban J connectivity index is 3.32. The molecule has 2 nitrogen and oxygen atoms in total. The highest BCUT2D eigenvalue weighted by Crippen LogP contribution is 1.96. The maximum absolute atomic E-state index is 9.89. The predicted molar refractivity (Wildman–Crippen MR) is 30.2 cm³/mol. The molecule has 0 heterocycles. The summed E-state index contributed by atoms with van der Waals surface area (Å²) in [5, 5.41) is 0. The number of hydrogen-bond donors (Lipinski definition) is 0. The van der Waals surface area contributed by atoms with Crippen LogP contribution in [-0.4, -0.2) is 4.88 Å². The van der Waals surface area contributed by atoms with E-state index in [-0.39, 0.29) is 0 Å². The van der Waals surface area contributed by atoms with Crippen molar-refractivity contribution < 1.29 is 9.53 Å². The van der Waals surface area contributed by atoms with Crippen LogP contribution in [0.4, 0.5) is 4.79 Å². The quantitative estimate of drug-likeness (QED) is 0.439. The van der Waals surface area contributed by atoms with Crippen LogP contribution >= 0.6 is 15.9 Å². The number of rotatable bonds is 1. The van der Waals surface area contributed by atoms with E-state index in [9.17, 15) is 4.79 Å². The van der Waals surface area contributed by atoms with Crippen molar-refractivity contribution in [2.75, 3.05) is 0 Å². The summed E-state index contributed by atoms with van der Waals surface area (Å²) in [6.45, 7) is 4.92. The number of carbonyl (C=O) groups excluding carboxylic acids is 1. The standard InChI is InChI=1S/C4H5BrO2/c1-3(2)7-4(5)6/h1H2,2H3. The maximum atomic E-state index is 9.89. The SMILES string of the molecule is C=C(C)OC(=O)Br. The average Bonchev–Trinajstić information content (AvgIpc) is 1.27. The van der Waals surface area contributed by atoms with E-state index in [1.807, 2.05) is 0 Å². The van der Waals surface area contributed by atoms with Crippen LogP contribution in [0.25, 0.3) is 0 Å². The number of allylic oxidation sites excluding steroid dienone is 1. The van der Waals surface area contributed by atoms with Crippen molar-refractivity contribution in [2.24, 2.45) is 0 Å². The molecule has 0 aromatic heterocycles. The van der Waals surface area contributed by atoms with Gasteiger partial charge in [0.05, 0.1) is 5.76 Å². The number of halogens is 1. The molecule has 0 rings (SSSR count). The molecule has 0 aromatic rings. The van der Waals surface area contributed by atoms with Gasteiger partial charge in [0.25, 0.3) is 0 Å². The van der Waals surface area contributed by atoms with E-state index < -0.39 is 4.88 Å². The molecule has 0 atom stereocenters. The summed E-state index contributed by atoms with van der Waals surface area (Å²) in [5.74, 6) is 0.391. The first kappa shape index (κ1) is 6.69. The van der Waals surface area contributed by atoms with Crippen LogP contribution < -0.4 is 0 Å². The van der Waals surface area contributed by atoms with Gasteiger partial charge in [-0.15, -0.1) is 0 Å². The molecule has 0 aliphatic carbocycles. The first-order valence-electron chi connectivity index (χ1n) is 1.65. The van der Waals surface area contributed by atoms with E-state index in [0.717, 1.165) is 0 Å². The van der Waals surface area contributed by atoms with Crippen LogP contribution in [0.15, 0.2) is 12.3 Å². The lowest BCUT2D eigenvalue weighted by molar-refractivity contribution is 0.207. The number of ether oxygens (including phenoxy) is 1. The van der Waals surface area contributed by atoms with E-state index in [1.165, 1.54) is 0 Å². The van der Waals surface area contributed by atoms with Crippen LogP contribution in [0.3, 0.4) is 0 Å². The zero-order valence-corrected chi connectivity index (χ0v) is 5.49. The highest BCUT2D eigenvalue weighted by Gasteiger charge is 1.90. The lowest BCUT2D eigenvalue weighted by atomic mass is 10.7. The summed E-state index contributed by atoms with van der Waals surface area (Å²) in [5.41, 5.74) is 0. The zero-order chi connectivity index (χ0) is 5.86. The van der Waals surface area contributed by atoms with Crippen molar-refractivity contribution in [1.29, 1.82) is 0 Å². The Kier molecular flexibility index (Phi) is 2.67. The molecule has 0 fully saturated rings. The molecule has 0 aliphatic rings. The van der Waals surface area contributed by atoms with E-state index in [4.69, 9.17) is 0 Å². The molecule has 0 unspecified atom stereocenters. The Morgan fingerprint density at radius 2 is 2.29 bits per heavy atom. The second-order valence-corrected chi connectivity index (χ2v) is 1.69. The van der Waals surface area contributed by atoms with Gasteiger partial charge >= 0.3 is 4.88 Å². The molecule has 7 heavy (non-hydrogen) atoms. The van der Waals surface area contributed by atoms with Crippen molar-refractivity contribution in [1.82, 2.24) is 0 Å². The van der Waals surface area contributed by atoms with Gasteiger partial charge in [-0.25, -0.2) is 4.79 Å². The molecule has 40 valence electrons. The summed E-state index contributed by atoms with van der Waals surface area (Å²) in [7, 11) is 0. The van der Waals surface area contributed by atoms with Crippen molar-refractivity contribution in [2.45, 2.75) is 6.92 Å². The van der Waals surface area contributed by atoms with Crippen molar-refractivity contribution in [3.05, 3.63) is 12.3 Å². The van der Waals surface area contributed by atoms with Gasteiger partial charge in [-0.05, 0) is 6.92 Å². The van der Waals surface area contributed by atoms with Gasteiger partial charge < -0.3 is 4.74 Å². The van der Waals surface area contributed by atoms with Gasteiger partial charge in [-0.3, -0.25) is 0 Å². The van der Waals surface area contributed by atoms with Crippen LogP contribution in [0.1, 0.15) is 6.92 Å². The fraction of sp³-hybridized carbons (Fsp3) is 0.250. The maximum Gasteiger partial charge on any atom is 0.379 e. The van der Waals surface area contributed by atoms with E-state index in [2.05, 4.69) is 27.2 Å². The molecule has 0 saturated carbocycles. The van der Waals surface area contributed by atoms with Gasteiger partial charge in [0.15, 0.2) is 0 Å². The molecule has 0 aliphatic heterocycles. The average molecular weight is 165 g/mol. The monoisotopic (exact) mass is 164 g/mol. The molecular formula is C4H5BrO2. The Morgan fingerprint density at radius 3 is 2.29 bits per heavy atom. The largest absolute Gasteiger partial charge is 0.424 e. The van der Waals surface area contributed by atoms with Crippen molar-refractivity contribution >= 4 is 20.8 Å². The van der Waals surface area contributed by atoms with E-state index >= 15 is 0 Å². The van der Waals surface area contributed by atoms with Gasteiger partial charge in [0, 0.05) is 15.9 Å². The minimum Gasteiger partial charge on any atom is -0.424 e. The van der Waals surface area contributed by atoms with Crippen LogP contribution in [-0.2, 0) is 4.74 Å². The Morgan fingerprint density at radius 1 is 1.86 bits per heavy atom. The third-order valence-corrected chi connectivity index (χ3v) is 0.416. The molecule has 0 radical (unpaired) electrons. The Hall–Kier alpha value is -0.310. The van der Waals surface area contributed by atoms with E-state index in [1.54, 1.807) is 6.92 Å². The molecule has 0 saturated heterocycles. The highest BCUT2D eigenvalue weighted by atomic mass is 79.9. The van der Waals surface area contributed by atoms with E-state index in [0.29, 0.717) is 5.76 Å². The van der Waals surface area contributed by atoms with Gasteiger partial charge in [-0.2, -0.15) is 0 Å². The third-order valence-electron chi connectivity index (χ3n) is 0.254. The topological polar surface area (TPSA) is 26.3 Å². The smallest absolute Gasteiger partial charge is 0.379 e. The molecule has 0 spiro atoms. The first-order valence-corrected chi connectivity index (χ1v) is 2.45. The zero-order valence-electron chi connectivity index (χ0n) is 3.90. The minimum absolute atomic E-state index is 0.391. The Bertz CT molecular complexity index is 85.9. The fourth-order valence-corrected chi connectivity index (χ4v) is 0.413. The summed E-state index contributed by atoms with van der Waals surface area (Å²) in [6, 6.07) is 0. The number of hydrogen-bond acceptors (Lipinski definition) is 2. The first-order chi connectivity index (χ1) is 3.13. The molecule has 0 amide bonds. The van der Waals surface area contributed by atoms with Crippen LogP contribution in [0, 0.1) is 0 Å². The van der Waals surface area contributed by atoms with Crippen LogP contribution in [0.2, 0.25) is 0 Å². The summed E-state index contributed by atoms with van der Waals surface area (Å²) in [6.07, 6.45) is 0. The van der Waals surface area contributed by atoms with Crippen molar-refractivity contribution in [3.8, 4) is 0 Å². The normalized spacial score (nSPS) is 7.71. The summed E-state index contributed by atoms with van der Waals surface area (Å²) in [4.78, 5) is 9.39.